The summed E-state index contributed by atoms with van der Waals surface area (Å²) in [5.74, 6) is 2.04. The smallest absolute Gasteiger partial charge is 0.251 e. The SMILES string of the molecule is CC(CN)(NC(=O)c1ccc(OCC2CC2)cc1)C1CC1.Cl. The van der Waals surface area contributed by atoms with Gasteiger partial charge < -0.3 is 15.8 Å². The van der Waals surface area contributed by atoms with Crippen molar-refractivity contribution in [2.45, 2.75) is 38.1 Å². The highest BCUT2D eigenvalue weighted by Gasteiger charge is 2.41. The first kappa shape index (κ1) is 17.1. The van der Waals surface area contributed by atoms with Gasteiger partial charge in [-0.15, -0.1) is 12.4 Å². The van der Waals surface area contributed by atoms with Crippen molar-refractivity contribution in [2.24, 2.45) is 17.6 Å². The van der Waals surface area contributed by atoms with Crippen molar-refractivity contribution in [3.8, 4) is 5.75 Å². The van der Waals surface area contributed by atoms with Crippen LogP contribution in [0.3, 0.4) is 0 Å². The van der Waals surface area contributed by atoms with Crippen LogP contribution in [0.1, 0.15) is 43.0 Å². The average molecular weight is 325 g/mol. The summed E-state index contributed by atoms with van der Waals surface area (Å²) in [4.78, 5) is 12.3. The summed E-state index contributed by atoms with van der Waals surface area (Å²) in [5.41, 5.74) is 6.22. The van der Waals surface area contributed by atoms with Gasteiger partial charge in [-0.2, -0.15) is 0 Å². The maximum Gasteiger partial charge on any atom is 0.251 e. The van der Waals surface area contributed by atoms with Crippen molar-refractivity contribution in [1.82, 2.24) is 5.32 Å². The molecule has 3 N–H and O–H groups in total. The Balaban J connectivity index is 0.00000176. The first-order chi connectivity index (χ1) is 10.1. The molecular weight excluding hydrogens is 300 g/mol. The van der Waals surface area contributed by atoms with Crippen LogP contribution in [0.15, 0.2) is 24.3 Å². The van der Waals surface area contributed by atoms with Gasteiger partial charge in [0.15, 0.2) is 0 Å². The number of nitrogens with two attached hydrogens (primary N) is 1. The Kier molecular flexibility index (Phi) is 5.35. The Labute approximate surface area is 138 Å². The van der Waals surface area contributed by atoms with Crippen LogP contribution < -0.4 is 15.8 Å². The fourth-order valence-corrected chi connectivity index (χ4v) is 2.57. The number of rotatable bonds is 7. The minimum absolute atomic E-state index is 0. The van der Waals surface area contributed by atoms with E-state index in [2.05, 4.69) is 5.32 Å². The van der Waals surface area contributed by atoms with Crippen molar-refractivity contribution in [3.05, 3.63) is 29.8 Å². The van der Waals surface area contributed by atoms with Gasteiger partial charge >= 0.3 is 0 Å². The third-order valence-electron chi connectivity index (χ3n) is 4.60. The van der Waals surface area contributed by atoms with E-state index in [-0.39, 0.29) is 23.9 Å². The molecule has 0 bridgehead atoms. The van der Waals surface area contributed by atoms with E-state index in [0.29, 0.717) is 18.0 Å². The van der Waals surface area contributed by atoms with Gasteiger partial charge in [-0.3, -0.25) is 4.79 Å². The Morgan fingerprint density at radius 2 is 1.91 bits per heavy atom. The van der Waals surface area contributed by atoms with Gasteiger partial charge in [-0.05, 0) is 68.7 Å². The highest BCUT2D eigenvalue weighted by atomic mass is 35.5. The molecule has 1 unspecified atom stereocenters. The topological polar surface area (TPSA) is 64.3 Å². The minimum atomic E-state index is -0.280. The first-order valence-electron chi connectivity index (χ1n) is 7.86. The molecule has 0 aromatic heterocycles. The van der Waals surface area contributed by atoms with Crippen molar-refractivity contribution in [3.63, 3.8) is 0 Å². The van der Waals surface area contributed by atoms with Gasteiger partial charge in [0.05, 0.1) is 12.1 Å². The van der Waals surface area contributed by atoms with Gasteiger partial charge in [0, 0.05) is 12.1 Å². The third-order valence-corrected chi connectivity index (χ3v) is 4.60. The predicted octanol–water partition coefficient (Wildman–Crippen LogP) is 2.75. The highest BCUT2D eigenvalue weighted by Crippen LogP contribution is 2.39. The molecule has 1 aromatic rings. The van der Waals surface area contributed by atoms with Crippen LogP contribution in [0.5, 0.6) is 5.75 Å². The molecule has 0 heterocycles. The Morgan fingerprint density at radius 3 is 2.41 bits per heavy atom. The van der Waals surface area contributed by atoms with Crippen molar-refractivity contribution < 1.29 is 9.53 Å². The summed E-state index contributed by atoms with van der Waals surface area (Å²) in [6.07, 6.45) is 4.86. The predicted molar refractivity (Wildman–Crippen MR) is 89.6 cm³/mol. The van der Waals surface area contributed by atoms with Gasteiger partial charge in [0.2, 0.25) is 0 Å². The maximum atomic E-state index is 12.3. The second kappa shape index (κ2) is 6.88. The molecule has 122 valence electrons. The van der Waals surface area contributed by atoms with E-state index in [9.17, 15) is 4.79 Å². The number of hydrogen-bond acceptors (Lipinski definition) is 3. The van der Waals surface area contributed by atoms with Crippen molar-refractivity contribution in [1.29, 1.82) is 0 Å². The fourth-order valence-electron chi connectivity index (χ4n) is 2.57. The zero-order chi connectivity index (χ0) is 14.9. The number of carbonyl (C=O) groups is 1. The largest absolute Gasteiger partial charge is 0.493 e. The number of halogens is 1. The molecule has 0 saturated heterocycles. The Morgan fingerprint density at radius 1 is 1.27 bits per heavy atom. The lowest BCUT2D eigenvalue weighted by molar-refractivity contribution is 0.0898. The van der Waals surface area contributed by atoms with Crippen LogP contribution in [-0.4, -0.2) is 24.6 Å². The zero-order valence-corrected chi connectivity index (χ0v) is 13.8. The molecule has 1 atom stereocenters. The van der Waals surface area contributed by atoms with Crippen molar-refractivity contribution >= 4 is 18.3 Å². The number of amides is 1. The quantitative estimate of drug-likeness (QED) is 0.810. The van der Waals surface area contributed by atoms with E-state index < -0.39 is 0 Å². The van der Waals surface area contributed by atoms with Crippen LogP contribution in [0.2, 0.25) is 0 Å². The molecule has 0 aliphatic heterocycles. The molecular formula is C17H25ClN2O2. The van der Waals surface area contributed by atoms with E-state index in [1.54, 1.807) is 0 Å². The molecule has 0 spiro atoms. The summed E-state index contributed by atoms with van der Waals surface area (Å²) < 4.78 is 5.68. The van der Waals surface area contributed by atoms with Gasteiger partial charge in [0.1, 0.15) is 5.75 Å². The Hall–Kier alpha value is -1.26. The van der Waals surface area contributed by atoms with Crippen LogP contribution in [0.25, 0.3) is 0 Å². The molecule has 5 heteroatoms. The van der Waals surface area contributed by atoms with Gasteiger partial charge in [-0.1, -0.05) is 0 Å². The second-order valence-corrected chi connectivity index (χ2v) is 6.63. The molecule has 2 saturated carbocycles. The number of ether oxygens (including phenoxy) is 1. The summed E-state index contributed by atoms with van der Waals surface area (Å²) in [5, 5.41) is 3.10. The number of benzene rings is 1. The summed E-state index contributed by atoms with van der Waals surface area (Å²) in [6, 6.07) is 7.38. The number of carbonyl (C=O) groups excluding carboxylic acids is 1. The molecule has 22 heavy (non-hydrogen) atoms. The summed E-state index contributed by atoms with van der Waals surface area (Å²) >= 11 is 0. The second-order valence-electron chi connectivity index (χ2n) is 6.63. The Bertz CT molecular complexity index is 512. The number of hydrogen-bond donors (Lipinski definition) is 2. The molecule has 2 fully saturated rings. The van der Waals surface area contributed by atoms with Crippen LogP contribution in [-0.2, 0) is 0 Å². The van der Waals surface area contributed by atoms with E-state index >= 15 is 0 Å². The summed E-state index contributed by atoms with van der Waals surface area (Å²) in [6.45, 7) is 3.31. The van der Waals surface area contributed by atoms with Gasteiger partial charge in [-0.25, -0.2) is 0 Å². The lowest BCUT2D eigenvalue weighted by atomic mass is 9.95. The normalized spacial score (nSPS) is 19.7. The zero-order valence-electron chi connectivity index (χ0n) is 13.0. The monoisotopic (exact) mass is 324 g/mol. The lowest BCUT2D eigenvalue weighted by Crippen LogP contribution is -2.53. The lowest BCUT2D eigenvalue weighted by Gasteiger charge is -2.29. The molecule has 1 amide bonds. The third kappa shape index (κ3) is 4.14. The number of nitrogens with one attached hydrogen (secondary N) is 1. The summed E-state index contributed by atoms with van der Waals surface area (Å²) in [7, 11) is 0. The minimum Gasteiger partial charge on any atom is -0.493 e. The van der Waals surface area contributed by atoms with Crippen LogP contribution in [0.4, 0.5) is 0 Å². The molecule has 0 radical (unpaired) electrons. The average Bonchev–Trinajstić information content (AvgIpc) is 3.38. The van der Waals surface area contributed by atoms with Crippen LogP contribution >= 0.6 is 12.4 Å². The molecule has 1 aromatic carbocycles. The first-order valence-corrected chi connectivity index (χ1v) is 7.86. The molecule has 4 nitrogen and oxygen atoms in total. The highest BCUT2D eigenvalue weighted by molar-refractivity contribution is 5.94. The van der Waals surface area contributed by atoms with Crippen molar-refractivity contribution in [2.75, 3.05) is 13.2 Å². The fraction of sp³-hybridized carbons (Fsp3) is 0.588. The molecule has 2 aliphatic carbocycles. The van der Waals surface area contributed by atoms with E-state index in [4.69, 9.17) is 10.5 Å². The van der Waals surface area contributed by atoms with E-state index in [1.165, 1.54) is 12.8 Å². The van der Waals surface area contributed by atoms with Gasteiger partial charge in [0.25, 0.3) is 5.91 Å². The standard InChI is InChI=1S/C17H24N2O2.ClH/c1-17(11-18,14-6-7-14)19-16(20)13-4-8-15(9-5-13)21-10-12-2-3-12;/h4-5,8-9,12,14H,2-3,6-7,10-11,18H2,1H3,(H,19,20);1H. The molecule has 2 aliphatic rings. The van der Waals surface area contributed by atoms with E-state index in [0.717, 1.165) is 31.1 Å². The molecule has 3 rings (SSSR count). The van der Waals surface area contributed by atoms with E-state index in [1.807, 2.05) is 31.2 Å². The van der Waals surface area contributed by atoms with Crippen LogP contribution in [0, 0.1) is 11.8 Å². The maximum absolute atomic E-state index is 12.3.